The van der Waals surface area contributed by atoms with Gasteiger partial charge in [-0.05, 0) is 18.9 Å². The summed E-state index contributed by atoms with van der Waals surface area (Å²) in [6, 6.07) is 11.0. The molecular weight excluding hydrogens is 368 g/mol. The molecule has 4 rings (SSSR count). The van der Waals surface area contributed by atoms with Crippen LogP contribution < -0.4 is 20.9 Å². The van der Waals surface area contributed by atoms with E-state index < -0.39 is 5.41 Å². The number of pyridine rings is 1. The van der Waals surface area contributed by atoms with Crippen molar-refractivity contribution in [3.8, 4) is 11.8 Å². The number of aromatic nitrogens is 1. The summed E-state index contributed by atoms with van der Waals surface area (Å²) in [5.74, 6) is -0.0922. The van der Waals surface area contributed by atoms with E-state index in [0.29, 0.717) is 23.5 Å². The third-order valence-corrected chi connectivity index (χ3v) is 5.67. The molecule has 1 amide bonds. The minimum Gasteiger partial charge on any atom is -0.440 e. The zero-order chi connectivity index (χ0) is 21.1. The molecule has 2 aromatic rings. The normalized spacial score (nSPS) is 20.0. The number of amides is 1. The molecule has 29 heavy (non-hydrogen) atoms. The Kier molecular flexibility index (Phi) is 4.05. The lowest BCUT2D eigenvalue weighted by Crippen LogP contribution is -2.50. The third kappa shape index (κ3) is 2.29. The Labute approximate surface area is 168 Å². The molecule has 3 heterocycles. The number of ether oxygens (including phenoxy) is 1. The van der Waals surface area contributed by atoms with E-state index in [1.165, 1.54) is 4.57 Å². The summed E-state index contributed by atoms with van der Waals surface area (Å²) >= 11 is 0. The number of benzene rings is 1. The van der Waals surface area contributed by atoms with Crippen LogP contribution >= 0.6 is 0 Å². The monoisotopic (exact) mass is 390 g/mol. The Bertz CT molecular complexity index is 1190. The maximum Gasteiger partial charge on any atom is 0.259 e. The van der Waals surface area contributed by atoms with E-state index in [0.717, 1.165) is 0 Å². The second kappa shape index (κ2) is 6.24. The van der Waals surface area contributed by atoms with Gasteiger partial charge in [-0.1, -0.05) is 32.0 Å². The lowest BCUT2D eigenvalue weighted by Gasteiger charge is -2.34. The summed E-state index contributed by atoms with van der Waals surface area (Å²) in [5, 5.41) is 9.99. The number of carbonyl (C=O) groups is 1. The molecule has 7 nitrogen and oxygen atoms in total. The van der Waals surface area contributed by atoms with Gasteiger partial charge >= 0.3 is 0 Å². The Balaban J connectivity index is 2.18. The lowest BCUT2D eigenvalue weighted by atomic mass is 9.69. The smallest absolute Gasteiger partial charge is 0.259 e. The molecule has 7 heteroatoms. The van der Waals surface area contributed by atoms with Crippen LogP contribution in [0.15, 0.2) is 46.6 Å². The van der Waals surface area contributed by atoms with Crippen molar-refractivity contribution in [2.24, 2.45) is 18.7 Å². The minimum absolute atomic E-state index is 0.0466. The summed E-state index contributed by atoms with van der Waals surface area (Å²) in [6.45, 7) is 6.25. The fourth-order valence-corrected chi connectivity index (χ4v) is 4.32. The second-order valence-corrected chi connectivity index (χ2v) is 7.92. The van der Waals surface area contributed by atoms with E-state index in [4.69, 9.17) is 10.5 Å². The van der Waals surface area contributed by atoms with Gasteiger partial charge in [0.25, 0.3) is 5.56 Å². The number of hydrogen-bond donors (Lipinski definition) is 1. The highest BCUT2D eigenvalue weighted by Gasteiger charge is 2.60. The van der Waals surface area contributed by atoms with E-state index in [2.05, 4.69) is 6.07 Å². The van der Waals surface area contributed by atoms with Crippen molar-refractivity contribution in [3.63, 3.8) is 0 Å². The number of hydrogen-bond acceptors (Lipinski definition) is 5. The second-order valence-electron chi connectivity index (χ2n) is 7.92. The number of rotatable bonds is 2. The maximum absolute atomic E-state index is 14.0. The third-order valence-electron chi connectivity index (χ3n) is 5.67. The van der Waals surface area contributed by atoms with Crippen molar-refractivity contribution in [3.05, 3.63) is 69.0 Å². The summed E-state index contributed by atoms with van der Waals surface area (Å²) in [6.07, 6.45) is 0. The largest absolute Gasteiger partial charge is 0.440 e. The first-order chi connectivity index (χ1) is 13.7. The minimum atomic E-state index is -1.61. The highest BCUT2D eigenvalue weighted by atomic mass is 16.5. The van der Waals surface area contributed by atoms with Gasteiger partial charge in [-0.15, -0.1) is 0 Å². The van der Waals surface area contributed by atoms with Crippen LogP contribution in [-0.4, -0.2) is 17.0 Å². The molecule has 148 valence electrons. The molecule has 0 saturated carbocycles. The molecule has 1 spiro atoms. The Hall–Kier alpha value is -3.53. The average molecular weight is 390 g/mol. The highest BCUT2D eigenvalue weighted by Crippen LogP contribution is 2.54. The van der Waals surface area contributed by atoms with Gasteiger partial charge in [0.15, 0.2) is 5.41 Å². The average Bonchev–Trinajstić information content (AvgIpc) is 2.90. The molecule has 1 aromatic heterocycles. The topological polar surface area (TPSA) is 101 Å². The Morgan fingerprint density at radius 3 is 2.62 bits per heavy atom. The van der Waals surface area contributed by atoms with E-state index in [1.807, 2.05) is 26.0 Å². The highest BCUT2D eigenvalue weighted by molar-refractivity contribution is 6.14. The van der Waals surface area contributed by atoms with Gasteiger partial charge in [0.2, 0.25) is 11.8 Å². The van der Waals surface area contributed by atoms with E-state index in [-0.39, 0.29) is 40.2 Å². The fraction of sp³-hybridized carbons (Fsp3) is 0.318. The number of para-hydroxylation sites is 1. The van der Waals surface area contributed by atoms with Crippen LogP contribution in [0, 0.1) is 24.2 Å². The van der Waals surface area contributed by atoms with Crippen LogP contribution in [0.4, 0.5) is 5.69 Å². The molecule has 1 atom stereocenters. The molecule has 0 saturated heterocycles. The van der Waals surface area contributed by atoms with Crippen molar-refractivity contribution < 1.29 is 9.53 Å². The zero-order valence-electron chi connectivity index (χ0n) is 16.8. The van der Waals surface area contributed by atoms with Gasteiger partial charge in [-0.3, -0.25) is 9.59 Å². The molecule has 1 unspecified atom stereocenters. The van der Waals surface area contributed by atoms with Crippen molar-refractivity contribution in [2.45, 2.75) is 26.2 Å². The zero-order valence-corrected chi connectivity index (χ0v) is 16.8. The first kappa shape index (κ1) is 18.8. The predicted octanol–water partition coefficient (Wildman–Crippen LogP) is 2.07. The van der Waals surface area contributed by atoms with Crippen LogP contribution in [0.25, 0.3) is 0 Å². The number of fused-ring (bicyclic) bond motifs is 4. The van der Waals surface area contributed by atoms with Crippen LogP contribution in [0.2, 0.25) is 0 Å². The Morgan fingerprint density at radius 1 is 1.28 bits per heavy atom. The molecule has 2 N–H and O–H groups in total. The number of carbonyl (C=O) groups excluding carboxylic acids is 1. The number of nitrogens with zero attached hydrogens (tertiary/aromatic N) is 3. The number of nitrogens with two attached hydrogens (primary N) is 1. The van der Waals surface area contributed by atoms with Crippen LogP contribution in [0.5, 0.6) is 5.75 Å². The molecule has 0 radical (unpaired) electrons. The van der Waals surface area contributed by atoms with Crippen molar-refractivity contribution in [2.75, 3.05) is 11.4 Å². The fourth-order valence-electron chi connectivity index (χ4n) is 4.32. The number of aryl methyl sites for hydroxylation is 1. The molecule has 0 aliphatic carbocycles. The summed E-state index contributed by atoms with van der Waals surface area (Å²) < 4.78 is 7.13. The molecule has 2 aliphatic heterocycles. The first-order valence-electron chi connectivity index (χ1n) is 9.45. The summed E-state index contributed by atoms with van der Waals surface area (Å²) in [5.41, 5.74) is 6.14. The maximum atomic E-state index is 14.0. The summed E-state index contributed by atoms with van der Waals surface area (Å²) in [7, 11) is 1.64. The van der Waals surface area contributed by atoms with E-state index in [1.54, 1.807) is 37.1 Å². The van der Waals surface area contributed by atoms with Gasteiger partial charge in [-0.25, -0.2) is 0 Å². The van der Waals surface area contributed by atoms with E-state index >= 15 is 0 Å². The molecule has 0 fully saturated rings. The van der Waals surface area contributed by atoms with Crippen molar-refractivity contribution in [1.82, 2.24) is 4.57 Å². The lowest BCUT2D eigenvalue weighted by molar-refractivity contribution is -0.121. The van der Waals surface area contributed by atoms with Gasteiger partial charge in [0.1, 0.15) is 17.4 Å². The molecular formula is C22H22N4O3. The molecule has 0 bridgehead atoms. The van der Waals surface area contributed by atoms with Crippen LogP contribution in [0.1, 0.15) is 30.7 Å². The van der Waals surface area contributed by atoms with E-state index in [9.17, 15) is 14.9 Å². The van der Waals surface area contributed by atoms with Gasteiger partial charge in [-0.2, -0.15) is 5.26 Å². The summed E-state index contributed by atoms with van der Waals surface area (Å²) in [4.78, 5) is 29.0. The quantitative estimate of drug-likeness (QED) is 0.846. The van der Waals surface area contributed by atoms with Gasteiger partial charge in [0, 0.05) is 36.6 Å². The molecule has 1 aromatic carbocycles. The van der Waals surface area contributed by atoms with Crippen LogP contribution in [-0.2, 0) is 17.3 Å². The van der Waals surface area contributed by atoms with Crippen molar-refractivity contribution in [1.29, 1.82) is 5.26 Å². The first-order valence-corrected chi connectivity index (χ1v) is 9.45. The Morgan fingerprint density at radius 2 is 1.97 bits per heavy atom. The molecule has 2 aliphatic rings. The standard InChI is InChI=1S/C22H22N4O3/c1-12(2)11-26-16-8-6-5-7-14(16)22(21(26)28)15(10-23)19(24)29-17-9-13(3)25(4)20(27)18(17)22/h5-9,12H,11,24H2,1-4H3. The SMILES string of the molecule is Cc1cc2c(c(=O)n1C)C1(C(=O)N(CC(C)C)c3ccccc31)C(C#N)=C(N)O2. The van der Waals surface area contributed by atoms with Crippen LogP contribution in [0.3, 0.4) is 0 Å². The van der Waals surface area contributed by atoms with Gasteiger partial charge < -0.3 is 19.9 Å². The van der Waals surface area contributed by atoms with Crippen molar-refractivity contribution >= 4 is 11.6 Å². The number of nitriles is 1. The van der Waals surface area contributed by atoms with Gasteiger partial charge in [0.05, 0.1) is 5.56 Å². The number of anilines is 1. The predicted molar refractivity (Wildman–Crippen MR) is 108 cm³/mol.